The van der Waals surface area contributed by atoms with Crippen LogP contribution in [-0.2, 0) is 7.05 Å². The van der Waals surface area contributed by atoms with Gasteiger partial charge in [-0.05, 0) is 17.5 Å². The van der Waals surface area contributed by atoms with Crippen molar-refractivity contribution in [3.63, 3.8) is 0 Å². The van der Waals surface area contributed by atoms with Gasteiger partial charge in [0.05, 0.1) is 16.5 Å². The van der Waals surface area contributed by atoms with Gasteiger partial charge in [-0.3, -0.25) is 4.68 Å². The number of nitrogens with two attached hydrogens (primary N) is 1. The number of anilines is 1. The summed E-state index contributed by atoms with van der Waals surface area (Å²) in [5.74, 6) is 1.12. The van der Waals surface area contributed by atoms with E-state index in [1.807, 2.05) is 19.2 Å². The zero-order chi connectivity index (χ0) is 13.7. The van der Waals surface area contributed by atoms with Gasteiger partial charge >= 0.3 is 0 Å². The lowest BCUT2D eigenvalue weighted by Gasteiger charge is -2.00. The number of thiophene rings is 1. The van der Waals surface area contributed by atoms with E-state index in [1.165, 1.54) is 10.1 Å². The number of hydrogen-bond donors (Lipinski definition) is 1. The summed E-state index contributed by atoms with van der Waals surface area (Å²) in [6.45, 7) is 0. The molecule has 3 heterocycles. The summed E-state index contributed by atoms with van der Waals surface area (Å²) in [4.78, 5) is 10.00. The second-order valence-corrected chi connectivity index (χ2v) is 5.67. The van der Waals surface area contributed by atoms with E-state index in [-0.39, 0.29) is 0 Å². The van der Waals surface area contributed by atoms with Gasteiger partial charge in [0.1, 0.15) is 5.82 Å². The van der Waals surface area contributed by atoms with E-state index in [9.17, 15) is 0 Å². The van der Waals surface area contributed by atoms with Gasteiger partial charge in [0.15, 0.2) is 11.5 Å². The largest absolute Gasteiger partial charge is 0.383 e. The molecule has 0 amide bonds. The van der Waals surface area contributed by atoms with Crippen LogP contribution < -0.4 is 5.73 Å². The molecular formula is C14H11N5S. The number of nitrogen functional groups attached to an aromatic ring is 1. The quantitative estimate of drug-likeness (QED) is 0.582. The molecule has 98 valence electrons. The Morgan fingerprint density at radius 1 is 1.20 bits per heavy atom. The van der Waals surface area contributed by atoms with Crippen molar-refractivity contribution in [1.82, 2.24) is 19.7 Å². The van der Waals surface area contributed by atoms with Gasteiger partial charge in [-0.25, -0.2) is 9.97 Å². The molecule has 0 unspecified atom stereocenters. The Kier molecular flexibility index (Phi) is 2.28. The number of rotatable bonds is 1. The molecule has 0 spiro atoms. The molecule has 4 rings (SSSR count). The number of hydrogen-bond acceptors (Lipinski definition) is 5. The van der Waals surface area contributed by atoms with Crippen LogP contribution in [0.5, 0.6) is 0 Å². The highest BCUT2D eigenvalue weighted by Gasteiger charge is 2.12. The van der Waals surface area contributed by atoms with Crippen LogP contribution in [0.2, 0.25) is 0 Å². The van der Waals surface area contributed by atoms with Gasteiger partial charge in [-0.2, -0.15) is 5.10 Å². The molecule has 0 aliphatic carbocycles. The lowest BCUT2D eigenvalue weighted by Crippen LogP contribution is -1.98. The minimum absolute atomic E-state index is 0.468. The fourth-order valence-electron chi connectivity index (χ4n) is 2.25. The Bertz CT molecular complexity index is 904. The van der Waals surface area contributed by atoms with Crippen LogP contribution in [0.1, 0.15) is 0 Å². The van der Waals surface area contributed by atoms with Crippen molar-refractivity contribution >= 4 is 38.3 Å². The van der Waals surface area contributed by atoms with E-state index in [4.69, 9.17) is 5.73 Å². The van der Waals surface area contributed by atoms with Gasteiger partial charge in [-0.15, -0.1) is 11.3 Å². The molecule has 1 aromatic carbocycles. The highest BCUT2D eigenvalue weighted by molar-refractivity contribution is 7.22. The molecule has 0 aliphatic rings. The predicted octanol–water partition coefficient (Wildman–Crippen LogP) is 2.83. The molecule has 2 N–H and O–H groups in total. The van der Waals surface area contributed by atoms with Crippen molar-refractivity contribution in [3.8, 4) is 10.7 Å². The fraction of sp³-hybridized carbons (Fsp3) is 0.0714. The summed E-state index contributed by atoms with van der Waals surface area (Å²) in [7, 11) is 1.85. The van der Waals surface area contributed by atoms with Gasteiger partial charge in [0.25, 0.3) is 0 Å². The van der Waals surface area contributed by atoms with Gasteiger partial charge < -0.3 is 5.73 Å². The first kappa shape index (κ1) is 11.4. The van der Waals surface area contributed by atoms with Crippen molar-refractivity contribution in [2.24, 2.45) is 7.05 Å². The molecule has 20 heavy (non-hydrogen) atoms. The standard InChI is InChI=1S/C14H11N5S/c1-19-14-9(7-16-19)12(15)17-13(18-14)11-6-8-4-2-3-5-10(8)20-11/h2-7H,1H3,(H2,15,17,18). The maximum absolute atomic E-state index is 6.00. The van der Waals surface area contributed by atoms with E-state index in [1.54, 1.807) is 22.2 Å². The molecule has 4 aromatic rings. The Hall–Kier alpha value is -2.47. The number of aryl methyl sites for hydroxylation is 1. The minimum Gasteiger partial charge on any atom is -0.383 e. The third-order valence-electron chi connectivity index (χ3n) is 3.27. The number of fused-ring (bicyclic) bond motifs is 2. The highest BCUT2D eigenvalue weighted by Crippen LogP contribution is 2.32. The molecule has 6 heteroatoms. The van der Waals surface area contributed by atoms with Crippen LogP contribution in [0.15, 0.2) is 36.5 Å². The first-order chi connectivity index (χ1) is 9.72. The van der Waals surface area contributed by atoms with Gasteiger partial charge in [0, 0.05) is 11.7 Å². The van der Waals surface area contributed by atoms with E-state index >= 15 is 0 Å². The summed E-state index contributed by atoms with van der Waals surface area (Å²) in [6.07, 6.45) is 1.69. The number of nitrogens with zero attached hydrogens (tertiary/aromatic N) is 4. The maximum atomic E-state index is 6.00. The predicted molar refractivity (Wildman–Crippen MR) is 81.5 cm³/mol. The van der Waals surface area contributed by atoms with Crippen molar-refractivity contribution in [2.75, 3.05) is 5.73 Å². The molecule has 0 bridgehead atoms. The smallest absolute Gasteiger partial charge is 0.173 e. The van der Waals surface area contributed by atoms with E-state index in [0.29, 0.717) is 11.6 Å². The molecule has 0 radical (unpaired) electrons. The first-order valence-corrected chi connectivity index (χ1v) is 6.98. The molecule has 3 aromatic heterocycles. The van der Waals surface area contributed by atoms with E-state index in [0.717, 1.165) is 15.9 Å². The molecule has 0 saturated carbocycles. The summed E-state index contributed by atoms with van der Waals surface area (Å²) >= 11 is 1.67. The Morgan fingerprint density at radius 3 is 2.90 bits per heavy atom. The first-order valence-electron chi connectivity index (χ1n) is 6.16. The third kappa shape index (κ3) is 1.58. The lowest BCUT2D eigenvalue weighted by molar-refractivity contribution is 0.786. The second-order valence-electron chi connectivity index (χ2n) is 4.59. The van der Waals surface area contributed by atoms with Crippen LogP contribution in [0, 0.1) is 0 Å². The minimum atomic E-state index is 0.468. The average Bonchev–Trinajstić information content (AvgIpc) is 3.03. The molecule has 0 aliphatic heterocycles. The summed E-state index contributed by atoms with van der Waals surface area (Å²) in [5.41, 5.74) is 6.76. The van der Waals surface area contributed by atoms with Crippen LogP contribution >= 0.6 is 11.3 Å². The summed E-state index contributed by atoms with van der Waals surface area (Å²) in [6, 6.07) is 10.3. The Labute approximate surface area is 118 Å². The third-order valence-corrected chi connectivity index (χ3v) is 4.38. The Morgan fingerprint density at radius 2 is 2.05 bits per heavy atom. The van der Waals surface area contributed by atoms with Crippen LogP contribution in [0.4, 0.5) is 5.82 Å². The lowest BCUT2D eigenvalue weighted by atomic mass is 10.2. The SMILES string of the molecule is Cn1ncc2c(N)nc(-c3cc4ccccc4s3)nc21. The van der Waals surface area contributed by atoms with Crippen molar-refractivity contribution in [2.45, 2.75) is 0 Å². The number of aromatic nitrogens is 4. The molecule has 0 atom stereocenters. The van der Waals surface area contributed by atoms with Gasteiger partial charge in [0.2, 0.25) is 0 Å². The maximum Gasteiger partial charge on any atom is 0.173 e. The Balaban J connectivity index is 1.99. The normalized spacial score (nSPS) is 11.4. The van der Waals surface area contributed by atoms with Crippen molar-refractivity contribution < 1.29 is 0 Å². The summed E-state index contributed by atoms with van der Waals surface area (Å²) < 4.78 is 2.93. The van der Waals surface area contributed by atoms with Crippen LogP contribution in [0.3, 0.4) is 0 Å². The monoisotopic (exact) mass is 281 g/mol. The molecule has 0 fully saturated rings. The second kappa shape index (κ2) is 4.01. The number of benzene rings is 1. The average molecular weight is 281 g/mol. The topological polar surface area (TPSA) is 69.6 Å². The molecule has 5 nitrogen and oxygen atoms in total. The van der Waals surface area contributed by atoms with Crippen molar-refractivity contribution in [3.05, 3.63) is 36.5 Å². The zero-order valence-electron chi connectivity index (χ0n) is 10.7. The fourth-order valence-corrected chi connectivity index (χ4v) is 3.24. The van der Waals surface area contributed by atoms with Crippen LogP contribution in [0.25, 0.3) is 31.8 Å². The highest BCUT2D eigenvalue weighted by atomic mass is 32.1. The van der Waals surface area contributed by atoms with Gasteiger partial charge in [-0.1, -0.05) is 18.2 Å². The van der Waals surface area contributed by atoms with E-state index in [2.05, 4.69) is 33.3 Å². The zero-order valence-corrected chi connectivity index (χ0v) is 11.6. The molecular weight excluding hydrogens is 270 g/mol. The summed E-state index contributed by atoms with van der Waals surface area (Å²) in [5, 5.41) is 6.16. The van der Waals surface area contributed by atoms with Crippen LogP contribution in [-0.4, -0.2) is 19.7 Å². The van der Waals surface area contributed by atoms with E-state index < -0.39 is 0 Å². The molecule has 0 saturated heterocycles. The van der Waals surface area contributed by atoms with Crippen molar-refractivity contribution in [1.29, 1.82) is 0 Å².